The van der Waals surface area contributed by atoms with E-state index < -0.39 is 29.4 Å². The first-order valence-corrected chi connectivity index (χ1v) is 9.60. The van der Waals surface area contributed by atoms with Gasteiger partial charge < -0.3 is 13.9 Å². The molecule has 1 aromatic carbocycles. The van der Waals surface area contributed by atoms with Gasteiger partial charge in [-0.15, -0.1) is 0 Å². The fourth-order valence-electron chi connectivity index (χ4n) is 3.35. The van der Waals surface area contributed by atoms with Crippen LogP contribution in [0.4, 0.5) is 0 Å². The van der Waals surface area contributed by atoms with E-state index in [1.807, 2.05) is 38.1 Å². The highest BCUT2D eigenvalue weighted by Gasteiger charge is 2.27. The molecular formula is C22H24N2O6. The van der Waals surface area contributed by atoms with E-state index in [-0.39, 0.29) is 22.8 Å². The maximum atomic E-state index is 12.8. The summed E-state index contributed by atoms with van der Waals surface area (Å²) in [5.41, 5.74) is 1.24. The van der Waals surface area contributed by atoms with Crippen LogP contribution in [-0.4, -0.2) is 28.7 Å². The Balaban J connectivity index is 1.89. The number of aromatic nitrogens is 2. The molecule has 0 amide bonds. The molecule has 0 radical (unpaired) electrons. The van der Waals surface area contributed by atoms with Crippen molar-refractivity contribution in [1.29, 1.82) is 0 Å². The number of methoxy groups -OCH3 is 1. The number of fused-ring (bicyclic) bond motifs is 1. The quantitative estimate of drug-likeness (QED) is 0.574. The molecule has 30 heavy (non-hydrogen) atoms. The van der Waals surface area contributed by atoms with Gasteiger partial charge in [0, 0.05) is 18.2 Å². The Kier molecular flexibility index (Phi) is 6.05. The van der Waals surface area contributed by atoms with Crippen LogP contribution < -0.4 is 16.1 Å². The standard InChI is InChI=1S/C22H24N2O6/c1-12-8-6-7-9-16(12)13(2)15(4)29-21(26)14(3)24-20(25)18-19(30-22(24)27)17(28-5)10-11-23-18/h6-11,13-15H,1-5H3/t13-,14+,15+/m1/s1. The lowest BCUT2D eigenvalue weighted by molar-refractivity contribution is -0.153. The van der Waals surface area contributed by atoms with E-state index in [0.717, 1.165) is 11.1 Å². The van der Waals surface area contributed by atoms with Crippen molar-refractivity contribution in [1.82, 2.24) is 9.55 Å². The summed E-state index contributed by atoms with van der Waals surface area (Å²) in [6, 6.07) is 8.13. The molecule has 0 unspecified atom stereocenters. The summed E-state index contributed by atoms with van der Waals surface area (Å²) in [5.74, 6) is -1.56. The summed E-state index contributed by atoms with van der Waals surface area (Å²) in [6.07, 6.45) is 0.893. The molecule has 8 heteroatoms. The number of carbonyl (C=O) groups is 1. The van der Waals surface area contributed by atoms with Crippen LogP contribution in [0.1, 0.15) is 43.9 Å². The summed E-state index contributed by atoms with van der Waals surface area (Å²) < 4.78 is 16.6. The van der Waals surface area contributed by atoms with E-state index in [9.17, 15) is 14.4 Å². The van der Waals surface area contributed by atoms with Crippen LogP contribution in [0.5, 0.6) is 5.75 Å². The Bertz CT molecular complexity index is 1200. The summed E-state index contributed by atoms with van der Waals surface area (Å²) >= 11 is 0. The third-order valence-electron chi connectivity index (χ3n) is 5.31. The summed E-state index contributed by atoms with van der Waals surface area (Å²) in [7, 11) is 1.39. The van der Waals surface area contributed by atoms with Gasteiger partial charge in [0.15, 0.2) is 11.3 Å². The molecule has 3 atom stereocenters. The maximum Gasteiger partial charge on any atom is 0.423 e. The number of hydrogen-bond donors (Lipinski definition) is 0. The molecule has 158 valence electrons. The second-order valence-corrected chi connectivity index (χ2v) is 7.20. The predicted molar refractivity (Wildman–Crippen MR) is 111 cm³/mol. The fourth-order valence-corrected chi connectivity index (χ4v) is 3.35. The van der Waals surface area contributed by atoms with Crippen molar-refractivity contribution in [3.63, 3.8) is 0 Å². The van der Waals surface area contributed by atoms with Crippen LogP contribution in [0.3, 0.4) is 0 Å². The topological polar surface area (TPSA) is 101 Å². The number of carbonyl (C=O) groups excluding carboxylic acids is 1. The third kappa shape index (κ3) is 3.85. The summed E-state index contributed by atoms with van der Waals surface area (Å²) in [4.78, 5) is 42.0. The maximum absolute atomic E-state index is 12.8. The molecule has 0 saturated carbocycles. The molecule has 0 fully saturated rings. The Hall–Kier alpha value is -3.42. The second kappa shape index (κ2) is 8.52. The molecule has 0 aliphatic heterocycles. The van der Waals surface area contributed by atoms with Gasteiger partial charge in [-0.25, -0.2) is 19.1 Å². The Morgan fingerprint density at radius 1 is 1.13 bits per heavy atom. The predicted octanol–water partition coefficient (Wildman–Crippen LogP) is 2.96. The molecular weight excluding hydrogens is 388 g/mol. The minimum atomic E-state index is -1.18. The molecule has 2 heterocycles. The van der Waals surface area contributed by atoms with Crippen molar-refractivity contribution in [2.75, 3.05) is 7.11 Å². The second-order valence-electron chi connectivity index (χ2n) is 7.20. The van der Waals surface area contributed by atoms with E-state index in [2.05, 4.69) is 4.98 Å². The van der Waals surface area contributed by atoms with Gasteiger partial charge >= 0.3 is 11.7 Å². The lowest BCUT2D eigenvalue weighted by atomic mass is 9.92. The Morgan fingerprint density at radius 3 is 2.50 bits per heavy atom. The van der Waals surface area contributed by atoms with Gasteiger partial charge in [0.05, 0.1) is 7.11 Å². The average Bonchev–Trinajstić information content (AvgIpc) is 2.73. The monoisotopic (exact) mass is 412 g/mol. The van der Waals surface area contributed by atoms with Crippen molar-refractivity contribution < 1.29 is 18.7 Å². The molecule has 0 N–H and O–H groups in total. The average molecular weight is 412 g/mol. The zero-order valence-corrected chi connectivity index (χ0v) is 17.5. The van der Waals surface area contributed by atoms with Crippen LogP contribution in [0.2, 0.25) is 0 Å². The SMILES string of the molecule is COc1ccnc2c(=O)n([C@@H](C)C(=O)O[C@@H](C)[C@@H](C)c3ccccc3C)c(=O)oc12. The fraction of sp³-hybridized carbons (Fsp3) is 0.364. The van der Waals surface area contributed by atoms with Gasteiger partial charge in [-0.2, -0.15) is 0 Å². The van der Waals surface area contributed by atoms with Crippen LogP contribution >= 0.6 is 0 Å². The van der Waals surface area contributed by atoms with Gasteiger partial charge in [-0.3, -0.25) is 4.79 Å². The number of rotatable bonds is 6. The van der Waals surface area contributed by atoms with E-state index in [0.29, 0.717) is 4.57 Å². The molecule has 2 aromatic heterocycles. The van der Waals surface area contributed by atoms with Crippen molar-refractivity contribution in [2.24, 2.45) is 0 Å². The lowest BCUT2D eigenvalue weighted by Gasteiger charge is -2.24. The molecule has 3 rings (SSSR count). The minimum absolute atomic E-state index is 0.0617. The zero-order valence-electron chi connectivity index (χ0n) is 17.5. The first kappa shape index (κ1) is 21.3. The van der Waals surface area contributed by atoms with Crippen LogP contribution in [-0.2, 0) is 9.53 Å². The number of nitrogens with zero attached hydrogens (tertiary/aromatic N) is 2. The van der Waals surface area contributed by atoms with Gasteiger partial charge in [0.2, 0.25) is 5.58 Å². The van der Waals surface area contributed by atoms with Gasteiger partial charge in [0.25, 0.3) is 5.56 Å². The number of aryl methyl sites for hydroxylation is 1. The molecule has 0 bridgehead atoms. The largest absolute Gasteiger partial charge is 0.493 e. The van der Waals surface area contributed by atoms with Crippen molar-refractivity contribution in [3.05, 3.63) is 68.6 Å². The molecule has 0 saturated heterocycles. The van der Waals surface area contributed by atoms with Crippen molar-refractivity contribution in [3.8, 4) is 5.75 Å². The zero-order chi connectivity index (χ0) is 22.0. The summed E-state index contributed by atoms with van der Waals surface area (Å²) in [5, 5.41) is 0. The molecule has 0 aliphatic carbocycles. The van der Waals surface area contributed by atoms with Crippen LogP contribution in [0.25, 0.3) is 11.1 Å². The van der Waals surface area contributed by atoms with Gasteiger partial charge in [-0.1, -0.05) is 31.2 Å². The number of ether oxygens (including phenoxy) is 2. The van der Waals surface area contributed by atoms with E-state index in [1.54, 1.807) is 6.92 Å². The first-order chi connectivity index (χ1) is 14.3. The van der Waals surface area contributed by atoms with Crippen LogP contribution in [0.15, 0.2) is 50.5 Å². The normalized spacial score (nSPS) is 14.2. The van der Waals surface area contributed by atoms with Gasteiger partial charge in [-0.05, 0) is 31.9 Å². The number of pyridine rings is 1. The molecule has 0 aliphatic rings. The van der Waals surface area contributed by atoms with E-state index in [1.165, 1.54) is 26.3 Å². The highest BCUT2D eigenvalue weighted by Crippen LogP contribution is 2.25. The highest BCUT2D eigenvalue weighted by atomic mass is 16.5. The van der Waals surface area contributed by atoms with Crippen molar-refractivity contribution >= 4 is 17.1 Å². The molecule has 0 spiro atoms. The Labute approximate surface area is 173 Å². The van der Waals surface area contributed by atoms with E-state index >= 15 is 0 Å². The van der Waals surface area contributed by atoms with Crippen molar-refractivity contribution in [2.45, 2.75) is 45.8 Å². The van der Waals surface area contributed by atoms with Gasteiger partial charge in [0.1, 0.15) is 12.1 Å². The lowest BCUT2D eigenvalue weighted by Crippen LogP contribution is -2.40. The van der Waals surface area contributed by atoms with E-state index in [4.69, 9.17) is 13.9 Å². The summed E-state index contributed by atoms with van der Waals surface area (Å²) in [6.45, 7) is 7.14. The minimum Gasteiger partial charge on any atom is -0.493 e. The molecule has 3 aromatic rings. The Morgan fingerprint density at radius 2 is 1.83 bits per heavy atom. The number of benzene rings is 1. The molecule has 8 nitrogen and oxygen atoms in total. The van der Waals surface area contributed by atoms with Crippen LogP contribution in [0, 0.1) is 6.92 Å². The number of hydrogen-bond acceptors (Lipinski definition) is 7. The number of esters is 1. The highest BCUT2D eigenvalue weighted by molar-refractivity contribution is 5.78. The smallest absolute Gasteiger partial charge is 0.423 e. The first-order valence-electron chi connectivity index (χ1n) is 9.60. The third-order valence-corrected chi connectivity index (χ3v) is 5.31.